The van der Waals surface area contributed by atoms with Crippen LogP contribution in [-0.2, 0) is 4.79 Å². The first kappa shape index (κ1) is 8.81. The number of fused-ring (bicyclic) bond motifs is 1. The molecule has 0 atom stereocenters. The molecular weight excluding hydrogens is 180 g/mol. The zero-order valence-corrected chi connectivity index (χ0v) is 7.56. The Bertz CT molecular complexity index is 394. The monoisotopic (exact) mass is 190 g/mol. The molecule has 0 spiro atoms. The zero-order chi connectivity index (χ0) is 9.97. The van der Waals surface area contributed by atoms with E-state index < -0.39 is 0 Å². The van der Waals surface area contributed by atoms with Gasteiger partial charge in [-0.25, -0.2) is 0 Å². The summed E-state index contributed by atoms with van der Waals surface area (Å²) >= 11 is 0. The summed E-state index contributed by atoms with van der Waals surface area (Å²) in [6.45, 7) is 0.426. The van der Waals surface area contributed by atoms with Crippen LogP contribution in [0.3, 0.4) is 0 Å². The van der Waals surface area contributed by atoms with Gasteiger partial charge in [0.15, 0.2) is 11.5 Å². The highest BCUT2D eigenvalue weighted by atomic mass is 16.5. The van der Waals surface area contributed by atoms with Crippen molar-refractivity contribution in [1.29, 1.82) is 0 Å². The Morgan fingerprint density at radius 2 is 2.29 bits per heavy atom. The van der Waals surface area contributed by atoms with Gasteiger partial charge in [-0.3, -0.25) is 4.79 Å². The van der Waals surface area contributed by atoms with Gasteiger partial charge in [0.2, 0.25) is 0 Å². The lowest BCUT2D eigenvalue weighted by Gasteiger charge is -2.06. The van der Waals surface area contributed by atoms with Crippen LogP contribution in [0.2, 0.25) is 0 Å². The summed E-state index contributed by atoms with van der Waals surface area (Å²) in [6.07, 6.45) is 3.15. The molecule has 0 unspecified atom stereocenters. The Hall–Kier alpha value is -1.77. The molecule has 0 aromatic heterocycles. The minimum Gasteiger partial charge on any atom is -0.504 e. The summed E-state index contributed by atoms with van der Waals surface area (Å²) in [5.74, 6) is 0.579. The number of aldehydes is 1. The van der Waals surface area contributed by atoms with Crippen molar-refractivity contribution in [2.75, 3.05) is 6.61 Å². The first-order valence-corrected chi connectivity index (χ1v) is 4.42. The van der Waals surface area contributed by atoms with E-state index in [0.717, 1.165) is 11.8 Å². The number of hydrogen-bond acceptors (Lipinski definition) is 3. The number of aromatic hydroxyl groups is 1. The average Bonchev–Trinajstić information content (AvgIpc) is 2.40. The quantitative estimate of drug-likeness (QED) is 0.686. The Morgan fingerprint density at radius 1 is 1.43 bits per heavy atom. The van der Waals surface area contributed by atoms with Gasteiger partial charge in [-0.1, -0.05) is 12.1 Å². The third-order valence-corrected chi connectivity index (χ3v) is 2.15. The molecule has 14 heavy (non-hydrogen) atoms. The normalized spacial score (nSPS) is 14.7. The van der Waals surface area contributed by atoms with Crippen molar-refractivity contribution in [3.05, 3.63) is 29.3 Å². The summed E-state index contributed by atoms with van der Waals surface area (Å²) in [7, 11) is 0. The van der Waals surface area contributed by atoms with Gasteiger partial charge < -0.3 is 9.84 Å². The molecule has 0 fully saturated rings. The molecule has 1 aliphatic heterocycles. The number of phenolic OH excluding ortho intramolecular Hbond substituents is 1. The van der Waals surface area contributed by atoms with Gasteiger partial charge in [0.05, 0.1) is 6.61 Å². The van der Waals surface area contributed by atoms with E-state index in [-0.39, 0.29) is 5.75 Å². The first-order valence-electron chi connectivity index (χ1n) is 4.42. The van der Waals surface area contributed by atoms with Gasteiger partial charge in [-0.2, -0.15) is 0 Å². The van der Waals surface area contributed by atoms with Crippen molar-refractivity contribution in [1.82, 2.24) is 0 Å². The fourth-order valence-corrected chi connectivity index (χ4v) is 1.45. The van der Waals surface area contributed by atoms with Gasteiger partial charge in [0.25, 0.3) is 0 Å². The molecule has 0 amide bonds. The number of hydrogen-bond donors (Lipinski definition) is 1. The van der Waals surface area contributed by atoms with Crippen molar-refractivity contribution >= 4 is 12.4 Å². The van der Waals surface area contributed by atoms with E-state index in [1.54, 1.807) is 18.2 Å². The Kier molecular flexibility index (Phi) is 2.23. The molecule has 0 saturated carbocycles. The molecular formula is C11H10O3. The predicted molar refractivity (Wildman–Crippen MR) is 52.3 cm³/mol. The Morgan fingerprint density at radius 3 is 3.07 bits per heavy atom. The third kappa shape index (κ3) is 1.48. The van der Waals surface area contributed by atoms with Crippen LogP contribution < -0.4 is 4.74 Å². The van der Waals surface area contributed by atoms with Crippen LogP contribution in [0.1, 0.15) is 12.0 Å². The molecule has 1 heterocycles. The Balaban J connectivity index is 2.52. The maximum absolute atomic E-state index is 10.6. The number of ether oxygens (including phenoxy) is 1. The smallest absolute Gasteiger partial charge is 0.168 e. The lowest BCUT2D eigenvalue weighted by molar-refractivity contribution is -0.105. The standard InChI is InChI=1S/C11H10O3/c12-7-8-4-5-14-11-9(6-8)2-1-3-10(11)13/h1-3,6-7,13H,4-5H2. The lowest BCUT2D eigenvalue weighted by atomic mass is 10.1. The maximum Gasteiger partial charge on any atom is 0.168 e. The highest BCUT2D eigenvalue weighted by molar-refractivity contribution is 5.83. The average molecular weight is 190 g/mol. The largest absolute Gasteiger partial charge is 0.504 e. The maximum atomic E-state index is 10.6. The highest BCUT2D eigenvalue weighted by Crippen LogP contribution is 2.33. The van der Waals surface area contributed by atoms with E-state index in [1.807, 2.05) is 6.07 Å². The minimum absolute atomic E-state index is 0.117. The fraction of sp³-hybridized carbons (Fsp3) is 0.182. The van der Waals surface area contributed by atoms with E-state index >= 15 is 0 Å². The molecule has 1 aromatic rings. The number of carbonyl (C=O) groups excluding carboxylic acids is 1. The van der Waals surface area contributed by atoms with Crippen LogP contribution >= 0.6 is 0 Å². The first-order chi connectivity index (χ1) is 6.81. The van der Waals surface area contributed by atoms with E-state index in [1.165, 1.54) is 0 Å². The molecule has 1 N–H and O–H groups in total. The highest BCUT2D eigenvalue weighted by Gasteiger charge is 2.12. The second-order valence-corrected chi connectivity index (χ2v) is 3.13. The number of benzene rings is 1. The van der Waals surface area contributed by atoms with Crippen molar-refractivity contribution in [2.45, 2.75) is 6.42 Å². The number of rotatable bonds is 1. The number of phenols is 1. The number of para-hydroxylation sites is 1. The summed E-state index contributed by atoms with van der Waals surface area (Å²) < 4.78 is 5.35. The van der Waals surface area contributed by atoms with Gasteiger partial charge in [0, 0.05) is 12.0 Å². The molecule has 3 heteroatoms. The lowest BCUT2D eigenvalue weighted by Crippen LogP contribution is -1.97. The van der Waals surface area contributed by atoms with E-state index in [9.17, 15) is 9.90 Å². The third-order valence-electron chi connectivity index (χ3n) is 2.15. The second kappa shape index (κ2) is 3.54. The molecule has 0 saturated heterocycles. The fourth-order valence-electron chi connectivity index (χ4n) is 1.45. The SMILES string of the molecule is O=CC1=Cc2cccc(O)c2OCC1. The molecule has 1 aliphatic rings. The molecule has 3 nitrogen and oxygen atoms in total. The van der Waals surface area contributed by atoms with Crippen LogP contribution in [0, 0.1) is 0 Å². The van der Waals surface area contributed by atoms with E-state index in [4.69, 9.17) is 4.74 Å². The van der Waals surface area contributed by atoms with Crippen LogP contribution in [0.5, 0.6) is 11.5 Å². The second-order valence-electron chi connectivity index (χ2n) is 3.13. The molecule has 2 rings (SSSR count). The summed E-state index contributed by atoms with van der Waals surface area (Å²) in [5.41, 5.74) is 1.44. The Labute approximate surface area is 81.6 Å². The van der Waals surface area contributed by atoms with Crippen molar-refractivity contribution in [2.24, 2.45) is 0 Å². The predicted octanol–water partition coefficient (Wildman–Crippen LogP) is 1.76. The zero-order valence-electron chi connectivity index (χ0n) is 7.56. The summed E-state index contributed by atoms with van der Waals surface area (Å²) in [5, 5.41) is 9.50. The van der Waals surface area contributed by atoms with Crippen LogP contribution in [0.4, 0.5) is 0 Å². The van der Waals surface area contributed by atoms with Crippen molar-refractivity contribution < 1.29 is 14.6 Å². The van der Waals surface area contributed by atoms with Gasteiger partial charge in [0.1, 0.15) is 6.29 Å². The number of carbonyl (C=O) groups is 1. The van der Waals surface area contributed by atoms with Crippen molar-refractivity contribution in [3.8, 4) is 11.5 Å². The van der Waals surface area contributed by atoms with Gasteiger partial charge in [-0.05, 0) is 17.7 Å². The summed E-state index contributed by atoms with van der Waals surface area (Å²) in [4.78, 5) is 10.6. The van der Waals surface area contributed by atoms with Crippen molar-refractivity contribution in [3.63, 3.8) is 0 Å². The molecule has 0 aliphatic carbocycles. The molecule has 0 radical (unpaired) electrons. The van der Waals surface area contributed by atoms with Crippen LogP contribution in [-0.4, -0.2) is 18.0 Å². The summed E-state index contributed by atoms with van der Waals surface area (Å²) in [6, 6.07) is 5.10. The van der Waals surface area contributed by atoms with Crippen LogP contribution in [0.15, 0.2) is 23.8 Å². The molecule has 1 aromatic carbocycles. The molecule has 72 valence electrons. The minimum atomic E-state index is 0.117. The topological polar surface area (TPSA) is 46.5 Å². The van der Waals surface area contributed by atoms with Crippen LogP contribution in [0.25, 0.3) is 6.08 Å². The van der Waals surface area contributed by atoms with E-state index in [2.05, 4.69) is 0 Å². The molecule has 0 bridgehead atoms. The van der Waals surface area contributed by atoms with E-state index in [0.29, 0.717) is 24.4 Å². The van der Waals surface area contributed by atoms with Gasteiger partial charge in [-0.15, -0.1) is 0 Å². The van der Waals surface area contributed by atoms with Gasteiger partial charge >= 0.3 is 0 Å².